The van der Waals surface area contributed by atoms with Crippen LogP contribution in [0.4, 0.5) is 0 Å². The molecule has 0 saturated carbocycles. The molecule has 0 aliphatic rings. The van der Waals surface area contributed by atoms with Gasteiger partial charge in [-0.05, 0) is 55.8 Å². The first-order valence-electron chi connectivity index (χ1n) is 9.24. The van der Waals surface area contributed by atoms with Gasteiger partial charge >= 0.3 is 5.97 Å². The maximum Gasteiger partial charge on any atom is 0.349 e. The van der Waals surface area contributed by atoms with Gasteiger partial charge in [-0.2, -0.15) is 5.26 Å². The van der Waals surface area contributed by atoms with Gasteiger partial charge in [0, 0.05) is 17.6 Å². The second-order valence-electron chi connectivity index (χ2n) is 6.59. The number of carbonyl (C=O) groups excluding carboxylic acids is 2. The molecule has 7 heteroatoms. The van der Waals surface area contributed by atoms with E-state index in [1.807, 2.05) is 54.8 Å². The molecule has 0 aliphatic carbocycles. The van der Waals surface area contributed by atoms with Crippen molar-refractivity contribution in [1.29, 1.82) is 5.26 Å². The Labute approximate surface area is 174 Å². The summed E-state index contributed by atoms with van der Waals surface area (Å²) in [4.78, 5) is 27.0. The van der Waals surface area contributed by atoms with E-state index in [-0.39, 0.29) is 11.4 Å². The number of aromatic nitrogens is 2. The molecule has 0 amide bonds. The number of nitriles is 1. The molecule has 152 valence electrons. The van der Waals surface area contributed by atoms with E-state index in [2.05, 4.69) is 4.98 Å². The third-order valence-electron chi connectivity index (χ3n) is 4.67. The molecule has 2 aromatic heterocycles. The Balaban J connectivity index is 1.85. The Bertz CT molecular complexity index is 1150. The first-order valence-corrected chi connectivity index (χ1v) is 9.24. The molecule has 1 N–H and O–H groups in total. The highest BCUT2D eigenvalue weighted by molar-refractivity contribution is 6.01. The highest BCUT2D eigenvalue weighted by Gasteiger charge is 2.17. The Morgan fingerprint density at radius 3 is 2.63 bits per heavy atom. The van der Waals surface area contributed by atoms with E-state index in [1.54, 1.807) is 25.4 Å². The van der Waals surface area contributed by atoms with Gasteiger partial charge in [-0.25, -0.2) is 4.79 Å². The minimum Gasteiger partial charge on any atom is -0.495 e. The number of ketones is 1. The van der Waals surface area contributed by atoms with Gasteiger partial charge in [0.2, 0.25) is 5.78 Å². The minimum absolute atomic E-state index is 0.186. The monoisotopic (exact) mass is 403 g/mol. The van der Waals surface area contributed by atoms with E-state index in [1.165, 1.54) is 6.08 Å². The van der Waals surface area contributed by atoms with Gasteiger partial charge in [-0.1, -0.05) is 12.1 Å². The number of hydrogen-bond donors (Lipinski definition) is 1. The molecular weight excluding hydrogens is 382 g/mol. The van der Waals surface area contributed by atoms with Crippen LogP contribution in [0.2, 0.25) is 0 Å². The number of nitrogens with zero attached hydrogens (tertiary/aromatic N) is 2. The predicted octanol–water partition coefficient (Wildman–Crippen LogP) is 3.76. The fraction of sp³-hybridized carbons (Fsp3) is 0.174. The lowest BCUT2D eigenvalue weighted by atomic mass is 10.1. The van der Waals surface area contributed by atoms with E-state index < -0.39 is 12.6 Å². The number of H-pyrrole nitrogens is 1. The van der Waals surface area contributed by atoms with Gasteiger partial charge < -0.3 is 19.0 Å². The summed E-state index contributed by atoms with van der Waals surface area (Å²) in [6.07, 6.45) is 3.07. The number of esters is 1. The molecule has 0 radical (unpaired) electrons. The number of hydrogen-bond acceptors (Lipinski definition) is 5. The van der Waals surface area contributed by atoms with Crippen molar-refractivity contribution >= 4 is 17.8 Å². The molecule has 0 aliphatic heterocycles. The van der Waals surface area contributed by atoms with Crippen LogP contribution in [0, 0.1) is 25.2 Å². The van der Waals surface area contributed by atoms with Crippen LogP contribution in [0.5, 0.6) is 5.75 Å². The molecule has 0 fully saturated rings. The average Bonchev–Trinajstić information content (AvgIpc) is 3.38. The van der Waals surface area contributed by atoms with Crippen LogP contribution in [0.1, 0.15) is 27.4 Å². The lowest BCUT2D eigenvalue weighted by Crippen LogP contribution is -2.15. The topological polar surface area (TPSA) is 97.1 Å². The molecule has 3 rings (SSSR count). The largest absolute Gasteiger partial charge is 0.495 e. The summed E-state index contributed by atoms with van der Waals surface area (Å²) in [5, 5.41) is 9.44. The number of Topliss-reactive ketones (excluding diaryl/α,β-unsaturated/α-hetero) is 1. The van der Waals surface area contributed by atoms with Crippen molar-refractivity contribution in [1.82, 2.24) is 9.55 Å². The Morgan fingerprint density at radius 2 is 1.97 bits per heavy atom. The van der Waals surface area contributed by atoms with Crippen LogP contribution in [0.25, 0.3) is 11.8 Å². The highest BCUT2D eigenvalue weighted by atomic mass is 16.5. The van der Waals surface area contributed by atoms with Gasteiger partial charge in [0.1, 0.15) is 17.4 Å². The molecule has 0 unspecified atom stereocenters. The summed E-state index contributed by atoms with van der Waals surface area (Å²) in [6, 6.07) is 14.6. The molecule has 30 heavy (non-hydrogen) atoms. The fourth-order valence-corrected chi connectivity index (χ4v) is 3.20. The lowest BCUT2D eigenvalue weighted by Gasteiger charge is -2.13. The van der Waals surface area contributed by atoms with Gasteiger partial charge in [-0.15, -0.1) is 0 Å². The van der Waals surface area contributed by atoms with Crippen LogP contribution >= 0.6 is 0 Å². The average molecular weight is 403 g/mol. The normalized spacial score (nSPS) is 11.1. The molecule has 0 atom stereocenters. The van der Waals surface area contributed by atoms with E-state index in [0.29, 0.717) is 17.0 Å². The zero-order valence-corrected chi connectivity index (χ0v) is 16.9. The molecule has 0 saturated heterocycles. The zero-order valence-electron chi connectivity index (χ0n) is 16.9. The van der Waals surface area contributed by atoms with E-state index in [4.69, 9.17) is 9.47 Å². The number of nitrogens with one attached hydrogen (secondary N) is 1. The number of benzene rings is 1. The molecular formula is C23H21N3O4. The van der Waals surface area contributed by atoms with Crippen molar-refractivity contribution < 1.29 is 19.1 Å². The molecule has 7 nitrogen and oxygen atoms in total. The molecule has 0 spiro atoms. The van der Waals surface area contributed by atoms with E-state index in [0.717, 1.165) is 17.1 Å². The van der Waals surface area contributed by atoms with Crippen LogP contribution in [0.3, 0.4) is 0 Å². The van der Waals surface area contributed by atoms with Crippen LogP contribution < -0.4 is 4.74 Å². The third kappa shape index (κ3) is 4.18. The Hall–Kier alpha value is -4.05. The summed E-state index contributed by atoms with van der Waals surface area (Å²) < 4.78 is 12.5. The van der Waals surface area contributed by atoms with Gasteiger partial charge in [0.05, 0.1) is 18.5 Å². The van der Waals surface area contributed by atoms with Crippen LogP contribution in [-0.2, 0) is 9.53 Å². The number of rotatable bonds is 7. The van der Waals surface area contributed by atoms with Crippen molar-refractivity contribution in [2.24, 2.45) is 0 Å². The second kappa shape index (κ2) is 8.97. The van der Waals surface area contributed by atoms with Gasteiger partial charge in [-0.3, -0.25) is 4.79 Å². The van der Waals surface area contributed by atoms with Crippen molar-refractivity contribution in [2.75, 3.05) is 13.7 Å². The number of carbonyl (C=O) groups is 2. The number of aryl methyl sites for hydroxylation is 1. The maximum atomic E-state index is 12.3. The first-order chi connectivity index (χ1) is 14.5. The summed E-state index contributed by atoms with van der Waals surface area (Å²) in [5.41, 5.74) is 3.45. The number of ether oxygens (including phenoxy) is 2. The first kappa shape index (κ1) is 20.7. The van der Waals surface area contributed by atoms with Crippen molar-refractivity contribution in [3.05, 3.63) is 76.9 Å². The maximum absolute atomic E-state index is 12.3. The highest BCUT2D eigenvalue weighted by Crippen LogP contribution is 2.28. The second-order valence-corrected chi connectivity index (χ2v) is 6.59. The summed E-state index contributed by atoms with van der Waals surface area (Å²) in [6.45, 7) is 3.37. The number of methoxy groups -OCH3 is 1. The summed E-state index contributed by atoms with van der Waals surface area (Å²) in [7, 11) is 1.60. The van der Waals surface area contributed by atoms with Gasteiger partial charge in [0.15, 0.2) is 6.61 Å². The zero-order chi connectivity index (χ0) is 21.7. The predicted molar refractivity (Wildman–Crippen MR) is 111 cm³/mol. The number of aromatic amines is 1. The molecule has 1 aromatic carbocycles. The van der Waals surface area contributed by atoms with Crippen molar-refractivity contribution in [2.45, 2.75) is 13.8 Å². The van der Waals surface area contributed by atoms with E-state index in [9.17, 15) is 14.9 Å². The summed E-state index contributed by atoms with van der Waals surface area (Å²) >= 11 is 0. The fourth-order valence-electron chi connectivity index (χ4n) is 3.20. The standard InChI is InChI=1S/C23H21N3O4/c1-15-11-17(16(2)26(15)20-8-4-5-9-22(20)29-3)12-18(13-24)23(28)30-14-21(27)19-7-6-10-25-19/h4-12,25H,14H2,1-3H3. The number of para-hydroxylation sites is 2. The third-order valence-corrected chi connectivity index (χ3v) is 4.67. The molecule has 0 bridgehead atoms. The van der Waals surface area contributed by atoms with E-state index >= 15 is 0 Å². The molecule has 3 aromatic rings. The summed E-state index contributed by atoms with van der Waals surface area (Å²) in [5.74, 6) is -0.517. The smallest absolute Gasteiger partial charge is 0.349 e. The van der Waals surface area contributed by atoms with Crippen LogP contribution in [-0.4, -0.2) is 35.0 Å². The Kier molecular flexibility index (Phi) is 6.18. The van der Waals surface area contributed by atoms with Crippen LogP contribution in [0.15, 0.2) is 54.2 Å². The SMILES string of the molecule is COc1ccccc1-n1c(C)cc(C=C(C#N)C(=O)OCC(=O)c2ccc[nH]2)c1C. The molecule has 2 heterocycles. The van der Waals surface area contributed by atoms with Gasteiger partial charge in [0.25, 0.3) is 0 Å². The lowest BCUT2D eigenvalue weighted by molar-refractivity contribution is -0.137. The minimum atomic E-state index is -0.848. The van der Waals surface area contributed by atoms with Crippen molar-refractivity contribution in [3.8, 4) is 17.5 Å². The Morgan fingerprint density at radius 1 is 1.20 bits per heavy atom. The van der Waals surface area contributed by atoms with Crippen molar-refractivity contribution in [3.63, 3.8) is 0 Å². The quantitative estimate of drug-likeness (QED) is 0.280.